The third-order valence-corrected chi connectivity index (χ3v) is 3.53. The fourth-order valence-electron chi connectivity index (χ4n) is 2.32. The van der Waals surface area contributed by atoms with Crippen molar-refractivity contribution in [1.29, 1.82) is 0 Å². The Bertz CT molecular complexity index is 432. The van der Waals surface area contributed by atoms with Crippen LogP contribution in [-0.4, -0.2) is 17.7 Å². The highest BCUT2D eigenvalue weighted by Crippen LogP contribution is 2.24. The number of aromatic carboxylic acids is 1. The molecule has 0 saturated carbocycles. The van der Waals surface area contributed by atoms with Crippen LogP contribution < -0.4 is 10.5 Å². The number of carboxylic acids is 1. The van der Waals surface area contributed by atoms with Crippen LogP contribution in [-0.2, 0) is 0 Å². The maximum Gasteiger partial charge on any atom is 0.341 e. The molecule has 0 aliphatic carbocycles. The van der Waals surface area contributed by atoms with Gasteiger partial charge in [0.2, 0.25) is 0 Å². The highest BCUT2D eigenvalue weighted by molar-refractivity contribution is 5.96. The van der Waals surface area contributed by atoms with Gasteiger partial charge in [-0.2, -0.15) is 0 Å². The van der Waals surface area contributed by atoms with Gasteiger partial charge in [-0.3, -0.25) is 0 Å². The molecule has 0 aliphatic heterocycles. The van der Waals surface area contributed by atoms with Gasteiger partial charge in [0.15, 0.2) is 0 Å². The van der Waals surface area contributed by atoms with E-state index in [1.807, 2.05) is 0 Å². The van der Waals surface area contributed by atoms with Crippen LogP contribution in [0.1, 0.15) is 68.6 Å². The lowest BCUT2D eigenvalue weighted by molar-refractivity contribution is 0.0693. The normalized spacial score (nSPS) is 10.5. The minimum atomic E-state index is -1.04. The zero-order valence-corrected chi connectivity index (χ0v) is 12.9. The number of carbonyl (C=O) groups is 1. The van der Waals surface area contributed by atoms with Crippen molar-refractivity contribution >= 4 is 11.7 Å². The molecule has 4 heteroatoms. The molecule has 0 spiro atoms. The standard InChI is InChI=1S/C17H27NO3/c1-2-3-4-5-6-7-8-9-13-21-15-12-10-11-14(18)16(15)17(19)20/h10-12H,2-9,13,18H2,1H3,(H,19,20). The van der Waals surface area contributed by atoms with Gasteiger partial charge in [-0.1, -0.05) is 57.9 Å². The summed E-state index contributed by atoms with van der Waals surface area (Å²) in [5, 5.41) is 9.13. The van der Waals surface area contributed by atoms with Gasteiger partial charge in [0.25, 0.3) is 0 Å². The van der Waals surface area contributed by atoms with Gasteiger partial charge < -0.3 is 15.6 Å². The molecular weight excluding hydrogens is 266 g/mol. The first-order valence-corrected chi connectivity index (χ1v) is 7.91. The van der Waals surface area contributed by atoms with Crippen molar-refractivity contribution < 1.29 is 14.6 Å². The monoisotopic (exact) mass is 293 g/mol. The van der Waals surface area contributed by atoms with E-state index in [4.69, 9.17) is 15.6 Å². The summed E-state index contributed by atoms with van der Waals surface area (Å²) < 4.78 is 5.56. The lowest BCUT2D eigenvalue weighted by Gasteiger charge is -2.10. The Morgan fingerprint density at radius 1 is 1.10 bits per heavy atom. The van der Waals surface area contributed by atoms with Crippen LogP contribution in [0.3, 0.4) is 0 Å². The Hall–Kier alpha value is -1.71. The Morgan fingerprint density at radius 2 is 1.71 bits per heavy atom. The minimum absolute atomic E-state index is 0.0667. The molecule has 0 bridgehead atoms. The number of hydrogen-bond acceptors (Lipinski definition) is 3. The molecule has 0 unspecified atom stereocenters. The van der Waals surface area contributed by atoms with Gasteiger partial charge in [-0.25, -0.2) is 4.79 Å². The van der Waals surface area contributed by atoms with Crippen LogP contribution >= 0.6 is 0 Å². The number of benzene rings is 1. The first-order chi connectivity index (χ1) is 10.2. The van der Waals surface area contributed by atoms with Crippen LogP contribution in [0.4, 0.5) is 5.69 Å². The number of hydrogen-bond donors (Lipinski definition) is 2. The summed E-state index contributed by atoms with van der Waals surface area (Å²) in [6, 6.07) is 4.95. The predicted octanol–water partition coefficient (Wildman–Crippen LogP) is 4.49. The van der Waals surface area contributed by atoms with E-state index in [9.17, 15) is 4.79 Å². The van der Waals surface area contributed by atoms with Crippen molar-refractivity contribution in [2.45, 2.75) is 58.3 Å². The number of anilines is 1. The third kappa shape index (κ3) is 6.52. The molecule has 0 atom stereocenters. The van der Waals surface area contributed by atoms with E-state index in [2.05, 4.69) is 6.92 Å². The second-order valence-electron chi connectivity index (χ2n) is 5.35. The van der Waals surface area contributed by atoms with Gasteiger partial charge in [-0.15, -0.1) is 0 Å². The minimum Gasteiger partial charge on any atom is -0.493 e. The van der Waals surface area contributed by atoms with E-state index in [0.717, 1.165) is 12.8 Å². The molecule has 0 heterocycles. The molecule has 0 aliphatic rings. The Kier molecular flexibility index (Phi) is 8.32. The second kappa shape index (κ2) is 10.1. The molecule has 1 aromatic rings. The van der Waals surface area contributed by atoms with Crippen LogP contribution in [0.15, 0.2) is 18.2 Å². The van der Waals surface area contributed by atoms with Gasteiger partial charge in [0.05, 0.1) is 6.61 Å². The van der Waals surface area contributed by atoms with Crippen molar-refractivity contribution in [2.75, 3.05) is 12.3 Å². The molecule has 0 aromatic heterocycles. The average Bonchev–Trinajstić information content (AvgIpc) is 2.45. The molecule has 0 fully saturated rings. The van der Waals surface area contributed by atoms with E-state index in [0.29, 0.717) is 12.4 Å². The number of rotatable bonds is 11. The second-order valence-corrected chi connectivity index (χ2v) is 5.35. The van der Waals surface area contributed by atoms with Crippen LogP contribution in [0, 0.1) is 0 Å². The van der Waals surface area contributed by atoms with Gasteiger partial charge in [0.1, 0.15) is 11.3 Å². The SMILES string of the molecule is CCCCCCCCCCOc1cccc(N)c1C(=O)O. The largest absolute Gasteiger partial charge is 0.493 e. The summed E-state index contributed by atoms with van der Waals surface area (Å²) in [5.41, 5.74) is 5.98. The van der Waals surface area contributed by atoms with Gasteiger partial charge in [0, 0.05) is 5.69 Å². The number of carboxylic acid groups (broad SMARTS) is 1. The molecule has 1 rings (SSSR count). The highest BCUT2D eigenvalue weighted by atomic mass is 16.5. The smallest absolute Gasteiger partial charge is 0.341 e. The fraction of sp³-hybridized carbons (Fsp3) is 0.588. The predicted molar refractivity (Wildman–Crippen MR) is 85.9 cm³/mol. The number of unbranched alkanes of at least 4 members (excludes halogenated alkanes) is 7. The molecule has 0 amide bonds. The van der Waals surface area contributed by atoms with Crippen LogP contribution in [0.2, 0.25) is 0 Å². The maximum absolute atomic E-state index is 11.1. The Balaban J connectivity index is 2.21. The van der Waals surface area contributed by atoms with E-state index < -0.39 is 5.97 Å². The number of nitrogens with two attached hydrogens (primary N) is 1. The summed E-state index contributed by atoms with van der Waals surface area (Å²) in [6.07, 6.45) is 9.81. The number of ether oxygens (including phenoxy) is 1. The van der Waals surface area contributed by atoms with Crippen molar-refractivity contribution in [2.24, 2.45) is 0 Å². The maximum atomic E-state index is 11.1. The topological polar surface area (TPSA) is 72.5 Å². The van der Waals surface area contributed by atoms with Crippen molar-refractivity contribution in [3.05, 3.63) is 23.8 Å². The lowest BCUT2D eigenvalue weighted by Crippen LogP contribution is -2.07. The van der Waals surface area contributed by atoms with E-state index in [1.54, 1.807) is 18.2 Å². The first kappa shape index (κ1) is 17.3. The summed E-state index contributed by atoms with van der Waals surface area (Å²) in [4.78, 5) is 11.1. The van der Waals surface area contributed by atoms with Crippen molar-refractivity contribution in [3.8, 4) is 5.75 Å². The molecule has 3 N–H and O–H groups in total. The lowest BCUT2D eigenvalue weighted by atomic mass is 10.1. The molecule has 1 aromatic carbocycles. The zero-order chi connectivity index (χ0) is 15.5. The summed E-state index contributed by atoms with van der Waals surface area (Å²) in [7, 11) is 0. The van der Waals surface area contributed by atoms with E-state index in [1.165, 1.54) is 38.5 Å². The summed E-state index contributed by atoms with van der Waals surface area (Å²) in [6.45, 7) is 2.76. The first-order valence-electron chi connectivity index (χ1n) is 7.91. The summed E-state index contributed by atoms with van der Waals surface area (Å²) in [5.74, 6) is -0.676. The van der Waals surface area contributed by atoms with Crippen LogP contribution in [0.5, 0.6) is 5.75 Å². The van der Waals surface area contributed by atoms with Gasteiger partial charge in [-0.05, 0) is 18.6 Å². The number of nitrogen functional groups attached to an aromatic ring is 1. The molecular formula is C17H27NO3. The molecule has 0 saturated heterocycles. The fourth-order valence-corrected chi connectivity index (χ4v) is 2.32. The third-order valence-electron chi connectivity index (χ3n) is 3.53. The quantitative estimate of drug-likeness (QED) is 0.466. The van der Waals surface area contributed by atoms with Crippen LogP contribution in [0.25, 0.3) is 0 Å². The Labute approximate surface area is 127 Å². The molecule has 21 heavy (non-hydrogen) atoms. The zero-order valence-electron chi connectivity index (χ0n) is 12.9. The highest BCUT2D eigenvalue weighted by Gasteiger charge is 2.14. The Morgan fingerprint density at radius 3 is 2.33 bits per heavy atom. The molecule has 4 nitrogen and oxygen atoms in total. The molecule has 118 valence electrons. The van der Waals surface area contributed by atoms with Crippen molar-refractivity contribution in [1.82, 2.24) is 0 Å². The van der Waals surface area contributed by atoms with Crippen molar-refractivity contribution in [3.63, 3.8) is 0 Å². The van der Waals surface area contributed by atoms with E-state index >= 15 is 0 Å². The average molecular weight is 293 g/mol. The molecule has 0 radical (unpaired) electrons. The van der Waals surface area contributed by atoms with Gasteiger partial charge >= 0.3 is 5.97 Å². The summed E-state index contributed by atoms with van der Waals surface area (Å²) >= 11 is 0. The van der Waals surface area contributed by atoms with E-state index in [-0.39, 0.29) is 11.3 Å².